The van der Waals surface area contributed by atoms with E-state index in [0.717, 1.165) is 66.5 Å². The maximum Gasteiger partial charge on any atom is 0.170 e. The quantitative estimate of drug-likeness (QED) is 0.180. The molecule has 5 nitrogen and oxygen atoms in total. The molecule has 0 saturated carbocycles. The number of benzene rings is 8. The van der Waals surface area contributed by atoms with Crippen molar-refractivity contribution < 1.29 is 4.42 Å². The maximum atomic E-state index is 6.81. The fraction of sp³-hybridized carbons (Fsp3) is 0. The molecule has 0 aliphatic rings. The molecule has 0 N–H and O–H groups in total. The van der Waals surface area contributed by atoms with Crippen molar-refractivity contribution in [2.24, 2.45) is 0 Å². The zero-order valence-electron chi connectivity index (χ0n) is 29.0. The van der Waals surface area contributed by atoms with Gasteiger partial charge in [0.1, 0.15) is 11.2 Å². The van der Waals surface area contributed by atoms with Gasteiger partial charge >= 0.3 is 0 Å². The van der Waals surface area contributed by atoms with Crippen molar-refractivity contribution in [3.05, 3.63) is 182 Å². The Bertz CT molecular complexity index is 3200. The van der Waals surface area contributed by atoms with E-state index >= 15 is 0 Å². The van der Waals surface area contributed by atoms with E-state index in [2.05, 4.69) is 138 Å². The SMILES string of the molecule is c1ccc(-c2ccc(-c3nc(-c4ccccc4)nc(-c4c(-n5c6ccccc6c6cc7ccccc7cc65)ccc5c4oc4ccccc45)n3)cc2)cc1. The average Bonchev–Trinajstić information content (AvgIpc) is 3.78. The van der Waals surface area contributed by atoms with Crippen LogP contribution >= 0.6 is 0 Å². The maximum absolute atomic E-state index is 6.81. The van der Waals surface area contributed by atoms with E-state index in [1.165, 1.54) is 21.5 Å². The largest absolute Gasteiger partial charge is 0.455 e. The Kier molecular flexibility index (Phi) is 6.79. The first kappa shape index (κ1) is 30.3. The standard InChI is InChI=1S/C49H30N4O/c1-3-13-31(14-4-1)32-23-25-34(26-24-32)48-50-47(33-15-5-2-6-16-33)51-49(52-48)45-42(28-27-39-38-20-10-12-22-44(38)54-46(39)45)53-41-21-11-9-19-37(41)40-29-35-17-7-8-18-36(35)30-43(40)53/h1-30H. The van der Waals surface area contributed by atoms with Gasteiger partial charge < -0.3 is 8.98 Å². The summed E-state index contributed by atoms with van der Waals surface area (Å²) in [6.07, 6.45) is 0. The van der Waals surface area contributed by atoms with Gasteiger partial charge in [-0.2, -0.15) is 0 Å². The van der Waals surface area contributed by atoms with Crippen LogP contribution in [0.5, 0.6) is 0 Å². The van der Waals surface area contributed by atoms with Gasteiger partial charge in [0.15, 0.2) is 17.5 Å². The number of para-hydroxylation sites is 2. The zero-order valence-corrected chi connectivity index (χ0v) is 29.0. The lowest BCUT2D eigenvalue weighted by atomic mass is 10.0. The Labute approximate surface area is 310 Å². The summed E-state index contributed by atoms with van der Waals surface area (Å²) in [5, 5.41) is 6.78. The Morgan fingerprint density at radius 3 is 1.69 bits per heavy atom. The van der Waals surface area contributed by atoms with Gasteiger partial charge in [0, 0.05) is 32.7 Å². The van der Waals surface area contributed by atoms with Crippen LogP contribution in [-0.2, 0) is 0 Å². The molecule has 5 heteroatoms. The lowest BCUT2D eigenvalue weighted by molar-refractivity contribution is 0.669. The lowest BCUT2D eigenvalue weighted by Crippen LogP contribution is -2.04. The van der Waals surface area contributed by atoms with Crippen molar-refractivity contribution >= 4 is 54.5 Å². The minimum Gasteiger partial charge on any atom is -0.455 e. The van der Waals surface area contributed by atoms with E-state index in [0.29, 0.717) is 17.5 Å². The van der Waals surface area contributed by atoms with E-state index in [-0.39, 0.29) is 0 Å². The van der Waals surface area contributed by atoms with Crippen LogP contribution in [0.2, 0.25) is 0 Å². The molecule has 0 saturated heterocycles. The number of aromatic nitrogens is 4. The highest BCUT2D eigenvalue weighted by atomic mass is 16.3. The van der Waals surface area contributed by atoms with Crippen LogP contribution in [0.1, 0.15) is 0 Å². The van der Waals surface area contributed by atoms with Gasteiger partial charge in [0.2, 0.25) is 0 Å². The molecule has 3 heterocycles. The molecule has 252 valence electrons. The predicted octanol–water partition coefficient (Wildman–Crippen LogP) is 12.7. The van der Waals surface area contributed by atoms with Crippen LogP contribution in [0.4, 0.5) is 0 Å². The molecule has 0 aliphatic carbocycles. The number of furan rings is 1. The second kappa shape index (κ2) is 12.1. The van der Waals surface area contributed by atoms with E-state index in [1.807, 2.05) is 48.5 Å². The molecule has 54 heavy (non-hydrogen) atoms. The smallest absolute Gasteiger partial charge is 0.170 e. The number of fused-ring (bicyclic) bond motifs is 7. The lowest BCUT2D eigenvalue weighted by Gasteiger charge is -2.15. The Balaban J connectivity index is 1.23. The minimum atomic E-state index is 0.539. The molecule has 0 bridgehead atoms. The van der Waals surface area contributed by atoms with E-state index in [4.69, 9.17) is 19.4 Å². The summed E-state index contributed by atoms with van der Waals surface area (Å²) in [5.41, 5.74) is 9.57. The molecule has 0 spiro atoms. The molecule has 0 fully saturated rings. The summed E-state index contributed by atoms with van der Waals surface area (Å²) < 4.78 is 9.16. The number of nitrogens with zero attached hydrogens (tertiary/aromatic N) is 4. The topological polar surface area (TPSA) is 56.7 Å². The Hall–Kier alpha value is -7.37. The summed E-state index contributed by atoms with van der Waals surface area (Å²) in [5.74, 6) is 1.72. The number of hydrogen-bond donors (Lipinski definition) is 0. The third-order valence-electron chi connectivity index (χ3n) is 10.4. The highest BCUT2D eigenvalue weighted by Crippen LogP contribution is 2.43. The third-order valence-corrected chi connectivity index (χ3v) is 10.4. The highest BCUT2D eigenvalue weighted by molar-refractivity contribution is 6.16. The normalized spacial score (nSPS) is 11.7. The van der Waals surface area contributed by atoms with Crippen LogP contribution in [0.3, 0.4) is 0 Å². The second-order valence-electron chi connectivity index (χ2n) is 13.6. The van der Waals surface area contributed by atoms with Gasteiger partial charge in [0.05, 0.1) is 22.3 Å². The molecule has 0 aliphatic heterocycles. The molecule has 0 unspecified atom stereocenters. The monoisotopic (exact) mass is 690 g/mol. The first-order valence-electron chi connectivity index (χ1n) is 18.1. The fourth-order valence-electron chi connectivity index (χ4n) is 7.87. The molecule has 11 aromatic rings. The highest BCUT2D eigenvalue weighted by Gasteiger charge is 2.24. The molecule has 0 amide bonds. The minimum absolute atomic E-state index is 0.539. The Morgan fingerprint density at radius 1 is 0.370 bits per heavy atom. The number of rotatable bonds is 5. The Morgan fingerprint density at radius 2 is 0.926 bits per heavy atom. The number of hydrogen-bond acceptors (Lipinski definition) is 4. The van der Waals surface area contributed by atoms with Crippen molar-refractivity contribution in [1.29, 1.82) is 0 Å². The molecular formula is C49H30N4O. The van der Waals surface area contributed by atoms with E-state index in [9.17, 15) is 0 Å². The molecular weight excluding hydrogens is 661 g/mol. The molecule has 11 rings (SSSR count). The van der Waals surface area contributed by atoms with Gasteiger partial charge in [-0.05, 0) is 58.3 Å². The van der Waals surface area contributed by atoms with Crippen LogP contribution in [0.15, 0.2) is 186 Å². The van der Waals surface area contributed by atoms with Gasteiger partial charge in [-0.15, -0.1) is 0 Å². The molecule has 8 aromatic carbocycles. The average molecular weight is 691 g/mol. The first-order chi connectivity index (χ1) is 26.8. The van der Waals surface area contributed by atoms with E-state index < -0.39 is 0 Å². The fourth-order valence-corrected chi connectivity index (χ4v) is 7.87. The second-order valence-corrected chi connectivity index (χ2v) is 13.6. The van der Waals surface area contributed by atoms with Gasteiger partial charge in [-0.3, -0.25) is 0 Å². The van der Waals surface area contributed by atoms with Crippen molar-refractivity contribution in [3.8, 4) is 51.0 Å². The summed E-state index contributed by atoms with van der Waals surface area (Å²) in [7, 11) is 0. The predicted molar refractivity (Wildman–Crippen MR) is 221 cm³/mol. The van der Waals surface area contributed by atoms with Gasteiger partial charge in [0.25, 0.3) is 0 Å². The van der Waals surface area contributed by atoms with Crippen LogP contribution in [-0.4, -0.2) is 19.5 Å². The van der Waals surface area contributed by atoms with Crippen LogP contribution in [0.25, 0.3) is 105 Å². The van der Waals surface area contributed by atoms with Crippen molar-refractivity contribution in [2.75, 3.05) is 0 Å². The van der Waals surface area contributed by atoms with Crippen molar-refractivity contribution in [2.45, 2.75) is 0 Å². The van der Waals surface area contributed by atoms with Crippen LogP contribution in [0, 0.1) is 0 Å². The molecule has 3 aromatic heterocycles. The van der Waals surface area contributed by atoms with Gasteiger partial charge in [-0.1, -0.05) is 146 Å². The third kappa shape index (κ3) is 4.83. The van der Waals surface area contributed by atoms with Gasteiger partial charge in [-0.25, -0.2) is 15.0 Å². The first-order valence-corrected chi connectivity index (χ1v) is 18.1. The van der Waals surface area contributed by atoms with E-state index in [1.54, 1.807) is 0 Å². The summed E-state index contributed by atoms with van der Waals surface area (Å²) in [6.45, 7) is 0. The summed E-state index contributed by atoms with van der Waals surface area (Å²) in [4.78, 5) is 15.7. The molecule has 0 atom stereocenters. The molecule has 0 radical (unpaired) electrons. The van der Waals surface area contributed by atoms with Crippen molar-refractivity contribution in [3.63, 3.8) is 0 Å². The summed E-state index contributed by atoms with van der Waals surface area (Å²) in [6, 6.07) is 63.3. The van der Waals surface area contributed by atoms with Crippen molar-refractivity contribution in [1.82, 2.24) is 19.5 Å². The zero-order chi connectivity index (χ0) is 35.6. The summed E-state index contributed by atoms with van der Waals surface area (Å²) >= 11 is 0. The van der Waals surface area contributed by atoms with Crippen LogP contribution < -0.4 is 0 Å².